The van der Waals surface area contributed by atoms with Crippen LogP contribution in [0.4, 0.5) is 11.4 Å². The number of carbonyl (C=O) groups is 1. The number of rotatable bonds is 5. The van der Waals surface area contributed by atoms with Crippen LogP contribution in [0, 0.1) is 10.1 Å². The summed E-state index contributed by atoms with van der Waals surface area (Å²) in [5.41, 5.74) is 0.224. The van der Waals surface area contributed by atoms with Crippen molar-refractivity contribution < 1.29 is 14.5 Å². The molecule has 0 aliphatic rings. The quantitative estimate of drug-likeness (QED) is 0.666. The van der Waals surface area contributed by atoms with Crippen molar-refractivity contribution in [2.45, 2.75) is 6.92 Å². The number of thiophene rings is 1. The van der Waals surface area contributed by atoms with Crippen LogP contribution < -0.4 is 10.1 Å². The van der Waals surface area contributed by atoms with Crippen molar-refractivity contribution in [1.29, 1.82) is 0 Å². The molecule has 0 unspecified atom stereocenters. The van der Waals surface area contributed by atoms with Gasteiger partial charge in [0.05, 0.1) is 17.2 Å². The van der Waals surface area contributed by atoms with Gasteiger partial charge in [0.25, 0.3) is 11.6 Å². The number of benzene rings is 1. The second-order valence-corrected chi connectivity index (χ2v) is 5.56. The smallest absolute Gasteiger partial charge is 0.299 e. The molecule has 6 nitrogen and oxygen atoms in total. The van der Waals surface area contributed by atoms with Gasteiger partial charge in [0.1, 0.15) is 10.6 Å². The zero-order chi connectivity index (χ0) is 15.4. The number of ether oxygens (including phenoxy) is 1. The van der Waals surface area contributed by atoms with Crippen LogP contribution in [-0.4, -0.2) is 17.4 Å². The second kappa shape index (κ2) is 6.55. The minimum absolute atomic E-state index is 0.0248. The number of nitrogens with one attached hydrogen (secondary N) is 1. The second-order valence-electron chi connectivity index (χ2n) is 3.91. The van der Waals surface area contributed by atoms with E-state index >= 15 is 0 Å². The summed E-state index contributed by atoms with van der Waals surface area (Å²) in [5, 5.41) is 13.4. The first-order valence-corrected chi connectivity index (χ1v) is 7.19. The van der Waals surface area contributed by atoms with Gasteiger partial charge in [-0.3, -0.25) is 14.9 Å². The van der Waals surface area contributed by atoms with E-state index in [1.165, 1.54) is 0 Å². The Morgan fingerprint density at radius 3 is 2.81 bits per heavy atom. The molecule has 21 heavy (non-hydrogen) atoms. The summed E-state index contributed by atoms with van der Waals surface area (Å²) in [6.07, 6.45) is 0. The molecule has 0 spiro atoms. The van der Waals surface area contributed by atoms with Crippen LogP contribution in [-0.2, 0) is 0 Å². The third-order valence-corrected chi connectivity index (χ3v) is 3.86. The highest BCUT2D eigenvalue weighted by Gasteiger charge is 2.21. The molecular weight excluding hydrogens is 316 g/mol. The number of amides is 1. The van der Waals surface area contributed by atoms with E-state index in [1.54, 1.807) is 24.3 Å². The zero-order valence-corrected chi connectivity index (χ0v) is 12.5. The summed E-state index contributed by atoms with van der Waals surface area (Å²) in [6.45, 7) is 2.30. The van der Waals surface area contributed by atoms with Gasteiger partial charge >= 0.3 is 0 Å². The Morgan fingerprint density at radius 2 is 2.19 bits per heavy atom. The highest BCUT2D eigenvalue weighted by atomic mass is 35.5. The summed E-state index contributed by atoms with van der Waals surface area (Å²) in [7, 11) is 0. The van der Waals surface area contributed by atoms with Gasteiger partial charge in [-0.05, 0) is 19.1 Å². The first-order chi connectivity index (χ1) is 10.0. The van der Waals surface area contributed by atoms with Gasteiger partial charge in [0.2, 0.25) is 0 Å². The van der Waals surface area contributed by atoms with Gasteiger partial charge < -0.3 is 10.1 Å². The molecule has 1 aromatic heterocycles. The lowest BCUT2D eigenvalue weighted by atomic mass is 10.3. The standard InChI is InChI=1S/C13H11ClN2O4S/c1-2-20-10-6-4-3-5-8(10)15-13(17)11-7-9(16(18)19)12(14)21-11/h3-7H,2H2,1H3,(H,15,17). The first kappa shape index (κ1) is 15.3. The largest absolute Gasteiger partial charge is 0.492 e. The Labute approximate surface area is 129 Å². The number of nitrogens with zero attached hydrogens (tertiary/aromatic N) is 1. The molecule has 2 rings (SSSR count). The number of carbonyl (C=O) groups excluding carboxylic acids is 1. The lowest BCUT2D eigenvalue weighted by Gasteiger charge is -2.10. The summed E-state index contributed by atoms with van der Waals surface area (Å²) < 4.78 is 5.37. The van der Waals surface area contributed by atoms with Crippen molar-refractivity contribution in [3.05, 3.63) is 49.7 Å². The predicted octanol–water partition coefficient (Wildman–Crippen LogP) is 3.96. The average molecular weight is 327 g/mol. The van der Waals surface area contributed by atoms with Crippen molar-refractivity contribution in [3.63, 3.8) is 0 Å². The van der Waals surface area contributed by atoms with E-state index in [9.17, 15) is 14.9 Å². The minimum atomic E-state index is -0.621. The molecule has 0 saturated heterocycles. The van der Waals surface area contributed by atoms with Gasteiger partial charge in [0.15, 0.2) is 4.34 Å². The Balaban J connectivity index is 2.22. The van der Waals surface area contributed by atoms with Crippen LogP contribution in [0.5, 0.6) is 5.75 Å². The summed E-state index contributed by atoms with van der Waals surface area (Å²) in [6, 6.07) is 8.11. The predicted molar refractivity (Wildman–Crippen MR) is 81.5 cm³/mol. The third-order valence-electron chi connectivity index (χ3n) is 2.52. The number of hydrogen-bond donors (Lipinski definition) is 1. The molecule has 1 aromatic carbocycles. The Bertz CT molecular complexity index is 687. The van der Waals surface area contributed by atoms with Crippen molar-refractivity contribution in [1.82, 2.24) is 0 Å². The van der Waals surface area contributed by atoms with E-state index in [-0.39, 0.29) is 14.9 Å². The number of para-hydroxylation sites is 2. The molecule has 0 atom stereocenters. The Hall–Kier alpha value is -2.12. The van der Waals surface area contributed by atoms with E-state index in [1.807, 2.05) is 6.92 Å². The molecule has 0 fully saturated rings. The summed E-state index contributed by atoms with van der Waals surface area (Å²) in [4.78, 5) is 22.4. The molecule has 0 radical (unpaired) electrons. The average Bonchev–Trinajstić information content (AvgIpc) is 2.83. The monoisotopic (exact) mass is 326 g/mol. The van der Waals surface area contributed by atoms with Crippen LogP contribution in [0.25, 0.3) is 0 Å². The van der Waals surface area contributed by atoms with Gasteiger partial charge in [-0.1, -0.05) is 23.7 Å². The maximum Gasteiger partial charge on any atom is 0.299 e. The van der Waals surface area contributed by atoms with Crippen LogP contribution in [0.3, 0.4) is 0 Å². The number of anilines is 1. The molecule has 2 aromatic rings. The maximum absolute atomic E-state index is 12.1. The van der Waals surface area contributed by atoms with Crippen LogP contribution >= 0.6 is 22.9 Å². The Morgan fingerprint density at radius 1 is 1.48 bits per heavy atom. The van der Waals surface area contributed by atoms with E-state index in [2.05, 4.69) is 5.32 Å². The van der Waals surface area contributed by atoms with Crippen LogP contribution in [0.15, 0.2) is 30.3 Å². The molecule has 0 saturated carbocycles. The third kappa shape index (κ3) is 3.50. The van der Waals surface area contributed by atoms with Crippen molar-refractivity contribution >= 4 is 40.2 Å². The lowest BCUT2D eigenvalue weighted by molar-refractivity contribution is -0.384. The fourth-order valence-electron chi connectivity index (χ4n) is 1.63. The molecule has 8 heteroatoms. The summed E-state index contributed by atoms with van der Waals surface area (Å²) >= 11 is 6.60. The Kier molecular flexibility index (Phi) is 4.77. The highest BCUT2D eigenvalue weighted by molar-refractivity contribution is 7.18. The topological polar surface area (TPSA) is 81.5 Å². The zero-order valence-electron chi connectivity index (χ0n) is 11.0. The molecule has 1 amide bonds. The van der Waals surface area contributed by atoms with Crippen LogP contribution in [0.2, 0.25) is 4.34 Å². The van der Waals surface area contributed by atoms with E-state index in [0.717, 1.165) is 17.4 Å². The fourth-order valence-corrected chi connectivity index (χ4v) is 2.75. The van der Waals surface area contributed by atoms with Gasteiger partial charge in [-0.25, -0.2) is 0 Å². The van der Waals surface area contributed by atoms with Gasteiger partial charge in [-0.2, -0.15) is 0 Å². The van der Waals surface area contributed by atoms with Crippen molar-refractivity contribution in [3.8, 4) is 5.75 Å². The highest BCUT2D eigenvalue weighted by Crippen LogP contribution is 2.34. The molecule has 1 heterocycles. The summed E-state index contributed by atoms with van der Waals surface area (Å²) in [5.74, 6) is 0.0626. The molecule has 0 aliphatic carbocycles. The number of halogens is 1. The van der Waals surface area contributed by atoms with Crippen LogP contribution in [0.1, 0.15) is 16.6 Å². The number of nitro groups is 1. The SMILES string of the molecule is CCOc1ccccc1NC(=O)c1cc([N+](=O)[O-])c(Cl)s1. The maximum atomic E-state index is 12.1. The molecule has 1 N–H and O–H groups in total. The number of hydrogen-bond acceptors (Lipinski definition) is 5. The van der Waals surface area contributed by atoms with Crippen molar-refractivity contribution in [2.75, 3.05) is 11.9 Å². The van der Waals surface area contributed by atoms with E-state index in [0.29, 0.717) is 18.0 Å². The minimum Gasteiger partial charge on any atom is -0.492 e. The van der Waals surface area contributed by atoms with Crippen molar-refractivity contribution in [2.24, 2.45) is 0 Å². The normalized spacial score (nSPS) is 10.2. The molecule has 0 aliphatic heterocycles. The van der Waals surface area contributed by atoms with E-state index < -0.39 is 10.8 Å². The first-order valence-electron chi connectivity index (χ1n) is 5.99. The van der Waals surface area contributed by atoms with E-state index in [4.69, 9.17) is 16.3 Å². The molecule has 110 valence electrons. The molecular formula is C13H11ClN2O4S. The molecule has 0 bridgehead atoms. The lowest BCUT2D eigenvalue weighted by Crippen LogP contribution is -2.11. The van der Waals surface area contributed by atoms with Gasteiger partial charge in [-0.15, -0.1) is 11.3 Å². The fraction of sp³-hybridized carbons (Fsp3) is 0.154. The van der Waals surface area contributed by atoms with Gasteiger partial charge in [0, 0.05) is 6.07 Å².